The van der Waals surface area contributed by atoms with E-state index in [1.165, 1.54) is 43.8 Å². The molecule has 0 bridgehead atoms. The molecular weight excluding hydrogens is 490 g/mol. The zero-order valence-corrected chi connectivity index (χ0v) is 20.8. The van der Waals surface area contributed by atoms with Crippen molar-refractivity contribution in [2.45, 2.75) is 11.8 Å². The van der Waals surface area contributed by atoms with Crippen molar-refractivity contribution < 1.29 is 8.78 Å². The summed E-state index contributed by atoms with van der Waals surface area (Å²) < 4.78 is 27.2. The highest BCUT2D eigenvalue weighted by molar-refractivity contribution is 7.22. The number of rotatable bonds is 7. The van der Waals surface area contributed by atoms with Crippen LogP contribution < -0.4 is 0 Å². The third-order valence-electron chi connectivity index (χ3n) is 6.34. The molecule has 6 heteroatoms. The molecule has 0 fully saturated rings. The van der Waals surface area contributed by atoms with Gasteiger partial charge < -0.3 is 9.97 Å². The van der Waals surface area contributed by atoms with Crippen molar-refractivity contribution in [3.63, 3.8) is 0 Å². The van der Waals surface area contributed by atoms with Gasteiger partial charge in [0.1, 0.15) is 11.6 Å². The van der Waals surface area contributed by atoms with Crippen LogP contribution in [0.2, 0.25) is 0 Å². The Morgan fingerprint density at radius 2 is 0.917 bits per heavy atom. The summed E-state index contributed by atoms with van der Waals surface area (Å²) in [5, 5.41) is 0. The van der Waals surface area contributed by atoms with E-state index in [2.05, 4.69) is 46.4 Å². The fourth-order valence-electron chi connectivity index (χ4n) is 4.63. The highest BCUT2D eigenvalue weighted by Crippen LogP contribution is 2.43. The third kappa shape index (κ3) is 4.45. The summed E-state index contributed by atoms with van der Waals surface area (Å²) in [6, 6.07) is 30.2. The van der Waals surface area contributed by atoms with Crippen LogP contribution in [0.15, 0.2) is 109 Å². The van der Waals surface area contributed by atoms with Crippen LogP contribution in [-0.4, -0.2) is 9.97 Å². The number of hydrogen-bond acceptors (Lipinski definition) is 2. The summed E-state index contributed by atoms with van der Waals surface area (Å²) in [5.74, 6) is -0.464. The quantitative estimate of drug-likeness (QED) is 0.214. The van der Waals surface area contributed by atoms with Crippen molar-refractivity contribution >= 4 is 22.7 Å². The molecule has 36 heavy (non-hydrogen) atoms. The van der Waals surface area contributed by atoms with Gasteiger partial charge in [-0.05, 0) is 83.9 Å². The minimum atomic E-state index is -0.236. The Morgan fingerprint density at radius 3 is 1.28 bits per heavy atom. The summed E-state index contributed by atoms with van der Waals surface area (Å²) in [7, 11) is 0. The normalized spacial score (nSPS) is 13.1. The standard InChI is InChI=1S/C30H22F2N2S2/c31-21-9-5-19(6-10-21)29(23-3-1-17-33-23)27-15-13-25(35-27)26-14-16-28(36-26)30(24-4-2-18-34-24)20-7-11-22(32)12-8-20/h1-18,29-30,33-34H. The molecule has 0 amide bonds. The molecule has 178 valence electrons. The van der Waals surface area contributed by atoms with Crippen LogP contribution >= 0.6 is 22.7 Å². The number of aromatic nitrogens is 2. The lowest BCUT2D eigenvalue weighted by Gasteiger charge is -2.15. The van der Waals surface area contributed by atoms with E-state index in [0.717, 1.165) is 22.5 Å². The lowest BCUT2D eigenvalue weighted by Crippen LogP contribution is -2.01. The fraction of sp³-hybridized carbons (Fsp3) is 0.0667. The second-order valence-electron chi connectivity index (χ2n) is 8.62. The molecule has 0 radical (unpaired) electrons. The molecule has 0 spiro atoms. The first-order valence-electron chi connectivity index (χ1n) is 11.6. The van der Waals surface area contributed by atoms with E-state index in [0.29, 0.717) is 0 Å². The fourth-order valence-corrected chi connectivity index (χ4v) is 7.03. The van der Waals surface area contributed by atoms with Crippen LogP contribution in [0, 0.1) is 11.6 Å². The number of H-pyrrole nitrogens is 2. The predicted molar refractivity (Wildman–Crippen MR) is 144 cm³/mol. The Kier molecular flexibility index (Phi) is 6.13. The van der Waals surface area contributed by atoms with Crippen molar-refractivity contribution in [2.24, 2.45) is 0 Å². The molecule has 0 aliphatic heterocycles. The average Bonchev–Trinajstić information content (AvgIpc) is 3.70. The maximum atomic E-state index is 13.6. The molecule has 6 aromatic rings. The zero-order valence-electron chi connectivity index (χ0n) is 19.1. The van der Waals surface area contributed by atoms with E-state index in [9.17, 15) is 8.78 Å². The second-order valence-corrected chi connectivity index (χ2v) is 10.9. The Balaban J connectivity index is 1.35. The van der Waals surface area contributed by atoms with Gasteiger partial charge in [0.05, 0.1) is 11.8 Å². The van der Waals surface area contributed by atoms with Gasteiger partial charge in [-0.2, -0.15) is 0 Å². The van der Waals surface area contributed by atoms with E-state index in [1.54, 1.807) is 22.7 Å². The van der Waals surface area contributed by atoms with E-state index in [4.69, 9.17) is 0 Å². The van der Waals surface area contributed by atoms with Crippen LogP contribution in [0.25, 0.3) is 9.75 Å². The molecule has 6 rings (SSSR count). The van der Waals surface area contributed by atoms with Crippen molar-refractivity contribution in [1.29, 1.82) is 0 Å². The monoisotopic (exact) mass is 512 g/mol. The summed E-state index contributed by atoms with van der Waals surface area (Å²) in [6.07, 6.45) is 3.84. The first kappa shape index (κ1) is 22.7. The number of benzene rings is 2. The average molecular weight is 513 g/mol. The van der Waals surface area contributed by atoms with Gasteiger partial charge >= 0.3 is 0 Å². The third-order valence-corrected chi connectivity index (χ3v) is 8.83. The second kappa shape index (κ2) is 9.72. The number of nitrogens with one attached hydrogen (secondary N) is 2. The molecular formula is C30H22F2N2S2. The minimum Gasteiger partial charge on any atom is -0.364 e. The van der Waals surface area contributed by atoms with E-state index in [1.807, 2.05) is 48.8 Å². The van der Waals surface area contributed by atoms with Crippen molar-refractivity contribution in [2.75, 3.05) is 0 Å². The molecule has 2 N–H and O–H groups in total. The zero-order chi connectivity index (χ0) is 24.5. The summed E-state index contributed by atoms with van der Waals surface area (Å²) in [4.78, 5) is 11.4. The lowest BCUT2D eigenvalue weighted by atomic mass is 9.94. The number of aromatic amines is 2. The SMILES string of the molecule is Fc1ccc(C(c2ccc[nH]2)c2ccc(-c3ccc(C(c4ccc(F)cc4)c4ccc[nH]4)s3)s2)cc1. The number of hydrogen-bond donors (Lipinski definition) is 2. The van der Waals surface area contributed by atoms with Crippen LogP contribution in [0.3, 0.4) is 0 Å². The highest BCUT2D eigenvalue weighted by atomic mass is 32.1. The number of halogens is 2. The Labute approximate surface area is 215 Å². The Hall–Kier alpha value is -3.74. The summed E-state index contributed by atoms with van der Waals surface area (Å²) in [5.41, 5.74) is 4.24. The Morgan fingerprint density at radius 1 is 0.500 bits per heavy atom. The molecule has 0 aliphatic carbocycles. The van der Waals surface area contributed by atoms with Crippen molar-refractivity contribution in [1.82, 2.24) is 9.97 Å². The maximum Gasteiger partial charge on any atom is 0.123 e. The molecule has 0 aliphatic rings. The van der Waals surface area contributed by atoms with Gasteiger partial charge in [0.2, 0.25) is 0 Å². The van der Waals surface area contributed by atoms with Crippen LogP contribution in [0.1, 0.15) is 44.1 Å². The predicted octanol–water partition coefficient (Wildman–Crippen LogP) is 8.77. The van der Waals surface area contributed by atoms with Crippen molar-refractivity contribution in [3.05, 3.63) is 153 Å². The maximum absolute atomic E-state index is 13.6. The highest BCUT2D eigenvalue weighted by Gasteiger charge is 2.23. The first-order valence-corrected chi connectivity index (χ1v) is 13.3. The molecule has 2 unspecified atom stereocenters. The Bertz CT molecular complexity index is 1420. The van der Waals surface area contributed by atoms with Gasteiger partial charge in [-0.1, -0.05) is 24.3 Å². The van der Waals surface area contributed by atoms with Gasteiger partial charge in [0.15, 0.2) is 0 Å². The van der Waals surface area contributed by atoms with Crippen molar-refractivity contribution in [3.8, 4) is 9.75 Å². The van der Waals surface area contributed by atoms with Crippen LogP contribution in [-0.2, 0) is 0 Å². The topological polar surface area (TPSA) is 31.6 Å². The summed E-state index contributed by atoms with van der Waals surface area (Å²) >= 11 is 3.50. The molecule has 0 saturated carbocycles. The van der Waals surface area contributed by atoms with Crippen LogP contribution in [0.5, 0.6) is 0 Å². The number of thiophene rings is 2. The largest absolute Gasteiger partial charge is 0.364 e. The van der Waals surface area contributed by atoms with E-state index in [-0.39, 0.29) is 23.5 Å². The lowest BCUT2D eigenvalue weighted by molar-refractivity contribution is 0.626. The molecule has 2 nitrogen and oxygen atoms in total. The van der Waals surface area contributed by atoms with Gasteiger partial charge in [-0.25, -0.2) is 8.78 Å². The van der Waals surface area contributed by atoms with E-state index < -0.39 is 0 Å². The molecule has 4 heterocycles. The van der Waals surface area contributed by atoms with Gasteiger partial charge in [-0.15, -0.1) is 22.7 Å². The van der Waals surface area contributed by atoms with Crippen LogP contribution in [0.4, 0.5) is 8.78 Å². The van der Waals surface area contributed by atoms with E-state index >= 15 is 0 Å². The molecule has 4 aromatic heterocycles. The van der Waals surface area contributed by atoms with Gasteiger partial charge in [0.25, 0.3) is 0 Å². The minimum absolute atomic E-state index is 0.00432. The smallest absolute Gasteiger partial charge is 0.123 e. The first-order chi connectivity index (χ1) is 17.7. The van der Waals surface area contributed by atoms with Gasteiger partial charge in [0, 0.05) is 43.3 Å². The molecule has 2 atom stereocenters. The summed E-state index contributed by atoms with van der Waals surface area (Å²) in [6.45, 7) is 0. The molecule has 0 saturated heterocycles. The van der Waals surface area contributed by atoms with Gasteiger partial charge in [-0.3, -0.25) is 0 Å². The molecule has 2 aromatic carbocycles.